The van der Waals surface area contributed by atoms with Gasteiger partial charge in [0, 0.05) is 46.4 Å². The fourth-order valence-electron chi connectivity index (χ4n) is 3.34. The normalized spacial score (nSPS) is 24.5. The van der Waals surface area contributed by atoms with Gasteiger partial charge in [-0.3, -0.25) is 9.69 Å². The van der Waals surface area contributed by atoms with Gasteiger partial charge >= 0.3 is 0 Å². The van der Waals surface area contributed by atoms with E-state index in [1.54, 1.807) is 14.2 Å². The molecule has 6 nitrogen and oxygen atoms in total. The first-order valence-electron chi connectivity index (χ1n) is 7.91. The second kappa shape index (κ2) is 10.7. The Morgan fingerprint density at radius 3 is 2.39 bits per heavy atom. The van der Waals surface area contributed by atoms with Crippen molar-refractivity contribution in [2.75, 3.05) is 60.1 Å². The van der Waals surface area contributed by atoms with Crippen molar-refractivity contribution < 1.29 is 14.3 Å². The number of rotatable bonds is 5. The van der Waals surface area contributed by atoms with Crippen LogP contribution in [0.25, 0.3) is 0 Å². The molecule has 0 aromatic heterocycles. The molecule has 0 aliphatic carbocycles. The third-order valence-electron chi connectivity index (χ3n) is 4.83. The first-order chi connectivity index (χ1) is 10.1. The molecule has 138 valence electrons. The Kier molecular flexibility index (Phi) is 10.6. The maximum Gasteiger partial charge on any atom is 0.255 e. The van der Waals surface area contributed by atoms with Crippen LogP contribution in [0.5, 0.6) is 0 Å². The zero-order valence-electron chi connectivity index (χ0n) is 14.4. The predicted octanol–water partition coefficient (Wildman–Crippen LogP) is 0.778. The molecule has 1 N–H and O–H groups in total. The topological polar surface area (TPSA) is 54.0 Å². The molecule has 0 saturated carbocycles. The lowest BCUT2D eigenvalue weighted by Gasteiger charge is -2.44. The molecule has 2 heterocycles. The van der Waals surface area contributed by atoms with Crippen LogP contribution in [0.2, 0.25) is 0 Å². The molecule has 0 spiro atoms. The summed E-state index contributed by atoms with van der Waals surface area (Å²) in [4.78, 5) is 17.3. The largest absolute Gasteiger partial charge is 0.383 e. The Balaban J connectivity index is 0.00000242. The van der Waals surface area contributed by atoms with Gasteiger partial charge in [0.2, 0.25) is 0 Å². The van der Waals surface area contributed by atoms with Gasteiger partial charge in [0.1, 0.15) is 5.60 Å². The number of nitrogens with one attached hydrogen (secondary N) is 1. The quantitative estimate of drug-likeness (QED) is 0.773. The lowest BCUT2D eigenvalue weighted by Crippen LogP contribution is -2.61. The molecule has 0 aromatic carbocycles. The van der Waals surface area contributed by atoms with Crippen molar-refractivity contribution in [3.05, 3.63) is 0 Å². The lowest BCUT2D eigenvalue weighted by molar-refractivity contribution is -0.161. The van der Waals surface area contributed by atoms with E-state index in [0.717, 1.165) is 58.7 Å². The van der Waals surface area contributed by atoms with Gasteiger partial charge < -0.3 is 19.7 Å². The fourth-order valence-corrected chi connectivity index (χ4v) is 3.34. The third-order valence-corrected chi connectivity index (χ3v) is 4.83. The molecule has 1 unspecified atom stereocenters. The van der Waals surface area contributed by atoms with Crippen molar-refractivity contribution in [1.82, 2.24) is 15.1 Å². The summed E-state index contributed by atoms with van der Waals surface area (Å²) in [6, 6.07) is 0.369. The summed E-state index contributed by atoms with van der Waals surface area (Å²) in [6.45, 7) is 8.02. The highest BCUT2D eigenvalue weighted by molar-refractivity contribution is 5.86. The predicted molar refractivity (Wildman–Crippen MR) is 95.8 cm³/mol. The van der Waals surface area contributed by atoms with Crippen LogP contribution in [0.15, 0.2) is 0 Å². The van der Waals surface area contributed by atoms with Gasteiger partial charge in [-0.25, -0.2) is 0 Å². The van der Waals surface area contributed by atoms with Crippen molar-refractivity contribution in [3.8, 4) is 0 Å². The summed E-state index contributed by atoms with van der Waals surface area (Å²) in [5, 5.41) is 3.30. The first kappa shape index (κ1) is 22.9. The molecule has 0 radical (unpaired) electrons. The highest BCUT2D eigenvalue weighted by Crippen LogP contribution is 2.26. The molecule has 2 saturated heterocycles. The van der Waals surface area contributed by atoms with E-state index < -0.39 is 5.60 Å². The number of hydrogen-bond acceptors (Lipinski definition) is 5. The fraction of sp³-hybridized carbons (Fsp3) is 0.933. The Labute approximate surface area is 152 Å². The van der Waals surface area contributed by atoms with Crippen molar-refractivity contribution in [1.29, 1.82) is 0 Å². The number of piperazine rings is 1. The zero-order chi connectivity index (χ0) is 15.3. The smallest absolute Gasteiger partial charge is 0.255 e. The van der Waals surface area contributed by atoms with E-state index in [2.05, 4.69) is 17.1 Å². The van der Waals surface area contributed by atoms with E-state index in [0.29, 0.717) is 6.04 Å². The minimum atomic E-state index is -0.611. The van der Waals surface area contributed by atoms with Gasteiger partial charge in [-0.1, -0.05) is 0 Å². The number of amides is 1. The Hall–Kier alpha value is -0.110. The molecule has 1 amide bonds. The summed E-state index contributed by atoms with van der Waals surface area (Å²) in [6.07, 6.45) is 1.53. The first-order valence-corrected chi connectivity index (χ1v) is 7.91. The van der Waals surface area contributed by atoms with E-state index in [4.69, 9.17) is 9.47 Å². The lowest BCUT2D eigenvalue weighted by atomic mass is 9.90. The van der Waals surface area contributed by atoms with Crippen LogP contribution in [0, 0.1) is 0 Å². The van der Waals surface area contributed by atoms with Gasteiger partial charge in [-0.05, 0) is 32.9 Å². The van der Waals surface area contributed by atoms with Gasteiger partial charge in [-0.15, -0.1) is 24.8 Å². The number of methoxy groups -OCH3 is 2. The monoisotopic (exact) mass is 371 g/mol. The van der Waals surface area contributed by atoms with Crippen molar-refractivity contribution in [2.24, 2.45) is 0 Å². The summed E-state index contributed by atoms with van der Waals surface area (Å²) in [5.41, 5.74) is -0.611. The molecule has 2 aliphatic heterocycles. The molecule has 8 heteroatoms. The molecular formula is C15H31Cl2N3O3. The van der Waals surface area contributed by atoms with Crippen LogP contribution >= 0.6 is 24.8 Å². The van der Waals surface area contributed by atoms with Gasteiger partial charge in [-0.2, -0.15) is 0 Å². The standard InChI is InChI=1S/C15H29N3O3.2ClH/c1-13-12-18(9-8-17(13)10-11-20-2)14(19)15(21-3)4-6-16-7-5-15;;/h13,16H,4-12H2,1-3H3;2*1H. The summed E-state index contributed by atoms with van der Waals surface area (Å²) in [7, 11) is 3.39. The highest BCUT2D eigenvalue weighted by atomic mass is 35.5. The number of ether oxygens (including phenoxy) is 2. The summed E-state index contributed by atoms with van der Waals surface area (Å²) < 4.78 is 10.8. The Bertz CT molecular complexity index is 355. The second-order valence-electron chi connectivity index (χ2n) is 6.08. The second-order valence-corrected chi connectivity index (χ2v) is 6.08. The van der Waals surface area contributed by atoms with E-state index >= 15 is 0 Å². The zero-order valence-corrected chi connectivity index (χ0v) is 16.0. The van der Waals surface area contributed by atoms with E-state index in [-0.39, 0.29) is 30.7 Å². The van der Waals surface area contributed by atoms with Crippen molar-refractivity contribution in [3.63, 3.8) is 0 Å². The maximum atomic E-state index is 12.9. The van der Waals surface area contributed by atoms with Gasteiger partial charge in [0.15, 0.2) is 0 Å². The minimum absolute atomic E-state index is 0. The molecule has 2 aliphatic rings. The summed E-state index contributed by atoms with van der Waals surface area (Å²) in [5.74, 6) is 0.171. The average molecular weight is 372 g/mol. The van der Waals surface area contributed by atoms with Crippen LogP contribution in [0.1, 0.15) is 19.8 Å². The Morgan fingerprint density at radius 1 is 1.22 bits per heavy atom. The number of carbonyl (C=O) groups is 1. The number of piperidine rings is 1. The average Bonchev–Trinajstić information content (AvgIpc) is 2.53. The molecule has 1 atom stereocenters. The maximum absolute atomic E-state index is 12.9. The molecular weight excluding hydrogens is 341 g/mol. The Morgan fingerprint density at radius 2 is 1.87 bits per heavy atom. The number of carbonyl (C=O) groups excluding carboxylic acids is 1. The van der Waals surface area contributed by atoms with Crippen molar-refractivity contribution in [2.45, 2.75) is 31.4 Å². The minimum Gasteiger partial charge on any atom is -0.383 e. The molecule has 23 heavy (non-hydrogen) atoms. The van der Waals surface area contributed by atoms with E-state index in [1.807, 2.05) is 4.90 Å². The van der Waals surface area contributed by atoms with E-state index in [1.165, 1.54) is 0 Å². The van der Waals surface area contributed by atoms with Crippen LogP contribution < -0.4 is 5.32 Å². The van der Waals surface area contributed by atoms with Crippen LogP contribution in [0.4, 0.5) is 0 Å². The molecule has 0 aromatic rings. The van der Waals surface area contributed by atoms with Gasteiger partial charge in [0.05, 0.1) is 6.61 Å². The van der Waals surface area contributed by atoms with Crippen LogP contribution in [-0.2, 0) is 14.3 Å². The van der Waals surface area contributed by atoms with Gasteiger partial charge in [0.25, 0.3) is 5.91 Å². The summed E-state index contributed by atoms with van der Waals surface area (Å²) >= 11 is 0. The molecule has 2 rings (SSSR count). The molecule has 0 bridgehead atoms. The van der Waals surface area contributed by atoms with Crippen molar-refractivity contribution >= 4 is 30.7 Å². The molecule has 2 fully saturated rings. The number of halogens is 2. The van der Waals surface area contributed by atoms with Crippen LogP contribution in [0.3, 0.4) is 0 Å². The SMILES string of the molecule is COCCN1CCN(C(=O)C2(OC)CCNCC2)CC1C.Cl.Cl. The van der Waals surface area contributed by atoms with Crippen LogP contribution in [-0.4, -0.2) is 87.4 Å². The third kappa shape index (κ3) is 5.44. The number of hydrogen-bond donors (Lipinski definition) is 1. The highest BCUT2D eigenvalue weighted by Gasteiger charge is 2.43. The van der Waals surface area contributed by atoms with E-state index in [9.17, 15) is 4.79 Å². The number of nitrogens with zero attached hydrogens (tertiary/aromatic N) is 2.